The van der Waals surface area contributed by atoms with E-state index in [4.69, 9.17) is 0 Å². The first-order valence-electron chi connectivity index (χ1n) is 20.5. The molecule has 2 heteroatoms. The Morgan fingerprint density at radius 2 is 1.09 bits per heavy atom. The van der Waals surface area contributed by atoms with Crippen molar-refractivity contribution in [3.05, 3.63) is 220 Å². The SMILES string of the molecule is Cc1cc2c(cc1C(Nc1cc3c(cc1-c1ccccc1)-c1ccccc1C31c3ccccc3-c3ccccc31)c1cccc3c1sc1ccccc13)CCCC2. The number of thiophene rings is 1. The van der Waals surface area contributed by atoms with Gasteiger partial charge in [-0.3, -0.25) is 0 Å². The van der Waals surface area contributed by atoms with Crippen LogP contribution in [0.2, 0.25) is 0 Å². The molecule has 1 aromatic heterocycles. The van der Waals surface area contributed by atoms with Crippen molar-refractivity contribution in [2.24, 2.45) is 0 Å². The van der Waals surface area contributed by atoms with Gasteiger partial charge in [0.25, 0.3) is 0 Å². The number of fused-ring (bicyclic) bond motifs is 14. The molecule has 12 rings (SSSR count). The standard InChI is InChI=1S/C55H41NS/c1-34-30-36-18-5-6-19-37(36)31-44(34)53(43-25-15-24-42-41-23-10-14-29-52(41)57-54(42)43)56-51-33-50-46(32-45(51)35-16-3-2-4-17-35)40-22-9-13-28-49(40)55(50)47-26-11-7-20-38(47)39-21-8-12-27-48(39)55/h2-4,7-17,20-33,53,56H,5-6,18-19H2,1H3. The van der Waals surface area contributed by atoms with Crippen molar-refractivity contribution in [2.75, 3.05) is 5.32 Å². The lowest BCUT2D eigenvalue weighted by molar-refractivity contribution is 0.682. The van der Waals surface area contributed by atoms with Crippen LogP contribution in [0.4, 0.5) is 5.69 Å². The number of hydrogen-bond acceptors (Lipinski definition) is 2. The minimum atomic E-state index is -0.423. The number of aryl methyl sites for hydroxylation is 3. The lowest BCUT2D eigenvalue weighted by atomic mass is 9.70. The Morgan fingerprint density at radius 3 is 1.81 bits per heavy atom. The predicted octanol–water partition coefficient (Wildman–Crippen LogP) is 14.5. The number of hydrogen-bond donors (Lipinski definition) is 1. The molecule has 1 heterocycles. The highest BCUT2D eigenvalue weighted by atomic mass is 32.1. The van der Waals surface area contributed by atoms with Gasteiger partial charge in [-0.05, 0) is 129 Å². The van der Waals surface area contributed by atoms with Gasteiger partial charge >= 0.3 is 0 Å². The van der Waals surface area contributed by atoms with Crippen LogP contribution in [-0.4, -0.2) is 0 Å². The van der Waals surface area contributed by atoms with Gasteiger partial charge in [0.2, 0.25) is 0 Å². The average Bonchev–Trinajstić information content (AvgIpc) is 3.89. The van der Waals surface area contributed by atoms with Crippen molar-refractivity contribution in [2.45, 2.75) is 44.1 Å². The molecule has 0 fully saturated rings. The molecule has 1 N–H and O–H groups in total. The molecule has 272 valence electrons. The van der Waals surface area contributed by atoms with Crippen LogP contribution in [0.15, 0.2) is 170 Å². The van der Waals surface area contributed by atoms with Crippen molar-refractivity contribution < 1.29 is 0 Å². The quantitative estimate of drug-likeness (QED) is 0.185. The summed E-state index contributed by atoms with van der Waals surface area (Å²) in [5.41, 5.74) is 21.0. The normalized spacial score (nSPS) is 14.9. The summed E-state index contributed by atoms with van der Waals surface area (Å²) >= 11 is 1.93. The van der Waals surface area contributed by atoms with E-state index in [2.05, 4.69) is 182 Å². The molecule has 1 atom stereocenters. The molecule has 0 amide bonds. The zero-order valence-electron chi connectivity index (χ0n) is 32.0. The minimum absolute atomic E-state index is 0.0719. The summed E-state index contributed by atoms with van der Waals surface area (Å²) in [6.07, 6.45) is 4.86. The van der Waals surface area contributed by atoms with Gasteiger partial charge in [0.15, 0.2) is 0 Å². The maximum Gasteiger partial charge on any atom is 0.0784 e. The third kappa shape index (κ3) is 4.74. The summed E-state index contributed by atoms with van der Waals surface area (Å²) in [5, 5.41) is 7.05. The lowest BCUT2D eigenvalue weighted by Gasteiger charge is -2.32. The molecule has 1 unspecified atom stereocenters. The Labute approximate surface area is 338 Å². The molecule has 0 radical (unpaired) electrons. The second-order valence-corrected chi connectivity index (χ2v) is 17.3. The zero-order valence-corrected chi connectivity index (χ0v) is 32.8. The first-order valence-corrected chi connectivity index (χ1v) is 21.3. The molecule has 3 aliphatic rings. The van der Waals surface area contributed by atoms with Crippen LogP contribution >= 0.6 is 11.3 Å². The van der Waals surface area contributed by atoms with Gasteiger partial charge in [-0.15, -0.1) is 11.3 Å². The van der Waals surface area contributed by atoms with E-state index in [9.17, 15) is 0 Å². The highest BCUT2D eigenvalue weighted by Crippen LogP contribution is 2.63. The third-order valence-corrected chi connectivity index (χ3v) is 14.5. The van der Waals surface area contributed by atoms with Gasteiger partial charge in [0.05, 0.1) is 11.5 Å². The van der Waals surface area contributed by atoms with Crippen molar-refractivity contribution in [3.8, 4) is 33.4 Å². The van der Waals surface area contributed by atoms with Crippen LogP contribution in [0.5, 0.6) is 0 Å². The average molecular weight is 748 g/mol. The smallest absolute Gasteiger partial charge is 0.0784 e. The summed E-state index contributed by atoms with van der Waals surface area (Å²) in [6, 6.07) is 64.3. The van der Waals surface area contributed by atoms with E-state index in [1.54, 1.807) is 0 Å². The van der Waals surface area contributed by atoms with Gasteiger partial charge in [-0.25, -0.2) is 0 Å². The number of anilines is 1. The van der Waals surface area contributed by atoms with Crippen molar-refractivity contribution in [1.82, 2.24) is 0 Å². The second kappa shape index (κ2) is 12.6. The molecular weight excluding hydrogens is 707 g/mol. The van der Waals surface area contributed by atoms with Crippen LogP contribution in [-0.2, 0) is 18.3 Å². The van der Waals surface area contributed by atoms with E-state index in [1.807, 2.05) is 11.3 Å². The molecule has 1 spiro atoms. The molecule has 0 saturated carbocycles. The maximum absolute atomic E-state index is 4.38. The molecule has 3 aliphatic carbocycles. The summed E-state index contributed by atoms with van der Waals surface area (Å²) in [7, 11) is 0. The molecule has 0 bridgehead atoms. The summed E-state index contributed by atoms with van der Waals surface area (Å²) in [5.74, 6) is 0. The third-order valence-electron chi connectivity index (χ3n) is 13.3. The molecular formula is C55H41NS. The fourth-order valence-electron chi connectivity index (χ4n) is 10.8. The van der Waals surface area contributed by atoms with Crippen LogP contribution in [0.3, 0.4) is 0 Å². The molecule has 9 aromatic rings. The molecule has 8 aromatic carbocycles. The van der Waals surface area contributed by atoms with Crippen molar-refractivity contribution in [1.29, 1.82) is 0 Å². The van der Waals surface area contributed by atoms with Gasteiger partial charge in [-0.2, -0.15) is 0 Å². The van der Waals surface area contributed by atoms with Crippen molar-refractivity contribution >= 4 is 37.2 Å². The molecule has 57 heavy (non-hydrogen) atoms. The van der Waals surface area contributed by atoms with Crippen LogP contribution in [0, 0.1) is 6.92 Å². The van der Waals surface area contributed by atoms with Crippen LogP contribution in [0.25, 0.3) is 53.6 Å². The summed E-state index contributed by atoms with van der Waals surface area (Å²) in [4.78, 5) is 0. The highest BCUT2D eigenvalue weighted by molar-refractivity contribution is 7.26. The Balaban J connectivity index is 1.15. The van der Waals surface area contributed by atoms with Crippen LogP contribution in [0.1, 0.15) is 69.0 Å². The van der Waals surface area contributed by atoms with Gasteiger partial charge in [0.1, 0.15) is 0 Å². The Morgan fingerprint density at radius 1 is 0.491 bits per heavy atom. The molecule has 0 saturated heterocycles. The highest BCUT2D eigenvalue weighted by Gasteiger charge is 2.51. The van der Waals surface area contributed by atoms with Gasteiger partial charge < -0.3 is 5.32 Å². The topological polar surface area (TPSA) is 12.0 Å². The first kappa shape index (κ1) is 33.0. The van der Waals surface area contributed by atoms with E-state index < -0.39 is 5.41 Å². The Kier molecular flexibility index (Phi) is 7.31. The lowest BCUT2D eigenvalue weighted by Crippen LogP contribution is -2.26. The van der Waals surface area contributed by atoms with Crippen molar-refractivity contribution in [3.63, 3.8) is 0 Å². The van der Waals surface area contributed by atoms with E-state index in [0.29, 0.717) is 0 Å². The van der Waals surface area contributed by atoms with E-state index in [0.717, 1.165) is 12.1 Å². The Hall–Kier alpha value is -6.22. The second-order valence-electron chi connectivity index (χ2n) is 16.3. The summed E-state index contributed by atoms with van der Waals surface area (Å²) in [6.45, 7) is 2.34. The Bertz CT molecular complexity index is 3030. The molecule has 1 nitrogen and oxygen atoms in total. The van der Waals surface area contributed by atoms with E-state index in [-0.39, 0.29) is 6.04 Å². The number of benzene rings is 8. The van der Waals surface area contributed by atoms with Gasteiger partial charge in [-0.1, -0.05) is 152 Å². The zero-order chi connectivity index (χ0) is 37.7. The predicted molar refractivity (Wildman–Crippen MR) is 241 cm³/mol. The fourth-order valence-corrected chi connectivity index (χ4v) is 12.1. The number of nitrogens with one attached hydrogen (secondary N) is 1. The molecule has 0 aliphatic heterocycles. The number of rotatable bonds is 5. The minimum Gasteiger partial charge on any atom is -0.374 e. The van der Waals surface area contributed by atoms with Gasteiger partial charge in [0, 0.05) is 31.4 Å². The largest absolute Gasteiger partial charge is 0.374 e. The maximum atomic E-state index is 4.38. The fraction of sp³-hybridized carbons (Fsp3) is 0.127. The summed E-state index contributed by atoms with van der Waals surface area (Å²) < 4.78 is 2.69. The van der Waals surface area contributed by atoms with E-state index >= 15 is 0 Å². The monoisotopic (exact) mass is 747 g/mol. The van der Waals surface area contributed by atoms with Crippen LogP contribution < -0.4 is 5.32 Å². The first-order chi connectivity index (χ1) is 28.2. The van der Waals surface area contributed by atoms with E-state index in [1.165, 1.54) is 123 Å².